The second kappa shape index (κ2) is 5.42. The van der Waals surface area contributed by atoms with Crippen molar-refractivity contribution in [1.29, 1.82) is 0 Å². The number of amides is 1. The Balaban J connectivity index is 2.12. The van der Waals surface area contributed by atoms with Gasteiger partial charge in [-0.15, -0.1) is 10.2 Å². The number of rotatable bonds is 4. The minimum Gasteiger partial charge on any atom is -0.423 e. The Kier molecular flexibility index (Phi) is 3.85. The number of aromatic nitrogens is 2. The van der Waals surface area contributed by atoms with Gasteiger partial charge in [-0.05, 0) is 45.0 Å². The maximum atomic E-state index is 12.1. The Morgan fingerprint density at radius 3 is 2.50 bits per heavy atom. The molecule has 1 unspecified atom stereocenters. The molecule has 1 amide bonds. The molecule has 6 nitrogen and oxygen atoms in total. The molecular formula is C14H17N3O3. The largest absolute Gasteiger partial charge is 0.423 e. The summed E-state index contributed by atoms with van der Waals surface area (Å²) in [5, 5.41) is 19.8. The molecule has 1 heterocycles. The Morgan fingerprint density at radius 2 is 2.00 bits per heavy atom. The Labute approximate surface area is 116 Å². The van der Waals surface area contributed by atoms with Crippen LogP contribution in [0.5, 0.6) is 0 Å². The number of nitrogens with one attached hydrogen (secondary N) is 1. The molecule has 106 valence electrons. The lowest BCUT2D eigenvalue weighted by Crippen LogP contribution is -2.50. The predicted octanol–water partition coefficient (Wildman–Crippen LogP) is 1.63. The number of carbonyl (C=O) groups is 1. The van der Waals surface area contributed by atoms with Gasteiger partial charge in [0.05, 0.1) is 11.6 Å². The average molecular weight is 275 g/mol. The summed E-state index contributed by atoms with van der Waals surface area (Å²) >= 11 is 0. The van der Waals surface area contributed by atoms with E-state index >= 15 is 0 Å². The van der Waals surface area contributed by atoms with Crippen LogP contribution in [0.3, 0.4) is 0 Å². The van der Waals surface area contributed by atoms with Gasteiger partial charge in [-0.3, -0.25) is 4.79 Å². The number of nitrogens with zero attached hydrogens (tertiary/aromatic N) is 2. The van der Waals surface area contributed by atoms with E-state index in [2.05, 4.69) is 15.5 Å². The second-order valence-electron chi connectivity index (χ2n) is 5.17. The summed E-state index contributed by atoms with van der Waals surface area (Å²) in [5.41, 5.74) is 0.554. The number of hydrogen-bond donors (Lipinski definition) is 2. The van der Waals surface area contributed by atoms with Crippen LogP contribution < -0.4 is 5.32 Å². The first-order valence-corrected chi connectivity index (χ1v) is 6.27. The standard InChI is InChI=1S/C14H17N3O3/c1-9(18)14(2,3)16-12(19)10-4-6-11(7-5-10)13-17-15-8-20-13/h4-9,18H,1-3H3,(H,16,19). The van der Waals surface area contributed by atoms with Crippen LogP contribution in [0.2, 0.25) is 0 Å². The quantitative estimate of drug-likeness (QED) is 0.885. The number of benzene rings is 1. The van der Waals surface area contributed by atoms with Gasteiger partial charge in [0.1, 0.15) is 0 Å². The van der Waals surface area contributed by atoms with Crippen LogP contribution in [0.1, 0.15) is 31.1 Å². The predicted molar refractivity (Wildman–Crippen MR) is 73.0 cm³/mol. The molecule has 20 heavy (non-hydrogen) atoms. The number of hydrogen-bond acceptors (Lipinski definition) is 5. The number of aliphatic hydroxyl groups is 1. The van der Waals surface area contributed by atoms with Crippen molar-refractivity contribution in [3.8, 4) is 11.5 Å². The van der Waals surface area contributed by atoms with E-state index in [1.165, 1.54) is 6.39 Å². The molecule has 2 aromatic rings. The van der Waals surface area contributed by atoms with Crippen molar-refractivity contribution in [2.75, 3.05) is 0 Å². The summed E-state index contributed by atoms with van der Waals surface area (Å²) < 4.78 is 5.08. The van der Waals surface area contributed by atoms with Crippen LogP contribution in [-0.2, 0) is 0 Å². The minimum absolute atomic E-state index is 0.243. The summed E-state index contributed by atoms with van der Waals surface area (Å²) in [7, 11) is 0. The summed E-state index contributed by atoms with van der Waals surface area (Å²) in [6, 6.07) is 6.82. The minimum atomic E-state index is -0.692. The molecule has 1 aromatic heterocycles. The lowest BCUT2D eigenvalue weighted by Gasteiger charge is -2.29. The first-order chi connectivity index (χ1) is 9.40. The van der Waals surface area contributed by atoms with Gasteiger partial charge in [0.15, 0.2) is 0 Å². The van der Waals surface area contributed by atoms with Crippen molar-refractivity contribution >= 4 is 5.91 Å². The molecule has 0 aliphatic rings. The normalized spacial score (nSPS) is 13.0. The van der Waals surface area contributed by atoms with Crippen molar-refractivity contribution in [2.24, 2.45) is 0 Å². The molecule has 0 aliphatic carbocycles. The van der Waals surface area contributed by atoms with Crippen molar-refractivity contribution in [3.63, 3.8) is 0 Å². The van der Waals surface area contributed by atoms with E-state index in [-0.39, 0.29) is 5.91 Å². The van der Waals surface area contributed by atoms with E-state index in [1.54, 1.807) is 45.0 Å². The van der Waals surface area contributed by atoms with E-state index < -0.39 is 11.6 Å². The van der Waals surface area contributed by atoms with E-state index in [4.69, 9.17) is 4.42 Å². The fourth-order valence-electron chi connectivity index (χ4n) is 1.53. The van der Waals surface area contributed by atoms with Crippen LogP contribution in [0.15, 0.2) is 35.1 Å². The lowest BCUT2D eigenvalue weighted by atomic mass is 9.98. The molecule has 0 spiro atoms. The van der Waals surface area contributed by atoms with Gasteiger partial charge in [0, 0.05) is 11.1 Å². The van der Waals surface area contributed by atoms with Crippen LogP contribution in [0.25, 0.3) is 11.5 Å². The first-order valence-electron chi connectivity index (χ1n) is 6.27. The third kappa shape index (κ3) is 3.03. The smallest absolute Gasteiger partial charge is 0.251 e. The van der Waals surface area contributed by atoms with E-state index in [0.29, 0.717) is 11.5 Å². The molecule has 1 aromatic carbocycles. The first kappa shape index (κ1) is 14.2. The topological polar surface area (TPSA) is 88.2 Å². The SMILES string of the molecule is CC(O)C(C)(C)NC(=O)c1ccc(-c2nnco2)cc1. The highest BCUT2D eigenvalue weighted by Crippen LogP contribution is 2.17. The van der Waals surface area contributed by atoms with Crippen molar-refractivity contribution in [3.05, 3.63) is 36.2 Å². The van der Waals surface area contributed by atoms with Crippen molar-refractivity contribution < 1.29 is 14.3 Å². The Bertz CT molecular complexity index is 574. The molecule has 2 N–H and O–H groups in total. The van der Waals surface area contributed by atoms with Gasteiger partial charge >= 0.3 is 0 Å². The molecule has 0 radical (unpaired) electrons. The lowest BCUT2D eigenvalue weighted by molar-refractivity contribution is 0.0709. The van der Waals surface area contributed by atoms with Crippen molar-refractivity contribution in [1.82, 2.24) is 15.5 Å². The Hall–Kier alpha value is -2.21. The van der Waals surface area contributed by atoms with Gasteiger partial charge in [0.25, 0.3) is 5.91 Å². The van der Waals surface area contributed by atoms with E-state index in [0.717, 1.165) is 5.56 Å². The molecule has 0 fully saturated rings. The molecule has 2 rings (SSSR count). The second-order valence-corrected chi connectivity index (χ2v) is 5.17. The molecule has 1 atom stereocenters. The zero-order valence-electron chi connectivity index (χ0n) is 11.6. The summed E-state index contributed by atoms with van der Waals surface area (Å²) in [5.74, 6) is 0.161. The van der Waals surface area contributed by atoms with E-state index in [1.807, 2.05) is 0 Å². The monoisotopic (exact) mass is 275 g/mol. The summed E-state index contributed by atoms with van der Waals surface area (Å²) in [6.45, 7) is 5.17. The van der Waals surface area contributed by atoms with Gasteiger partial charge in [-0.2, -0.15) is 0 Å². The van der Waals surface area contributed by atoms with Crippen LogP contribution >= 0.6 is 0 Å². The van der Waals surface area contributed by atoms with Gasteiger partial charge < -0.3 is 14.8 Å². The number of carbonyl (C=O) groups excluding carboxylic acids is 1. The van der Waals surface area contributed by atoms with Crippen LogP contribution in [0.4, 0.5) is 0 Å². The third-order valence-corrected chi connectivity index (χ3v) is 3.23. The molecule has 6 heteroatoms. The maximum absolute atomic E-state index is 12.1. The zero-order valence-corrected chi connectivity index (χ0v) is 11.6. The Morgan fingerprint density at radius 1 is 1.35 bits per heavy atom. The van der Waals surface area contributed by atoms with Crippen LogP contribution in [0, 0.1) is 0 Å². The third-order valence-electron chi connectivity index (χ3n) is 3.23. The van der Waals surface area contributed by atoms with E-state index in [9.17, 15) is 9.90 Å². The maximum Gasteiger partial charge on any atom is 0.251 e. The van der Waals surface area contributed by atoms with Gasteiger partial charge in [-0.25, -0.2) is 0 Å². The van der Waals surface area contributed by atoms with Crippen LogP contribution in [-0.4, -0.2) is 32.9 Å². The highest BCUT2D eigenvalue weighted by Gasteiger charge is 2.26. The number of aliphatic hydroxyl groups excluding tert-OH is 1. The highest BCUT2D eigenvalue weighted by atomic mass is 16.4. The van der Waals surface area contributed by atoms with Gasteiger partial charge in [0.2, 0.25) is 12.3 Å². The molecule has 0 saturated carbocycles. The zero-order chi connectivity index (χ0) is 14.8. The molecular weight excluding hydrogens is 258 g/mol. The van der Waals surface area contributed by atoms with Crippen molar-refractivity contribution in [2.45, 2.75) is 32.4 Å². The average Bonchev–Trinajstić information content (AvgIpc) is 2.92. The molecule has 0 aliphatic heterocycles. The van der Waals surface area contributed by atoms with Gasteiger partial charge in [-0.1, -0.05) is 0 Å². The molecule has 0 bridgehead atoms. The highest BCUT2D eigenvalue weighted by molar-refractivity contribution is 5.95. The fourth-order valence-corrected chi connectivity index (χ4v) is 1.53. The summed E-state index contributed by atoms with van der Waals surface area (Å²) in [6.07, 6.45) is 0.602. The molecule has 0 saturated heterocycles. The summed E-state index contributed by atoms with van der Waals surface area (Å²) in [4.78, 5) is 12.1. The fraction of sp³-hybridized carbons (Fsp3) is 0.357.